The molecule has 88 valence electrons. The van der Waals surface area contributed by atoms with Gasteiger partial charge in [0.05, 0.1) is 12.7 Å². The van der Waals surface area contributed by atoms with Crippen molar-refractivity contribution in [3.05, 3.63) is 0 Å². The molecule has 2 N–H and O–H groups in total. The highest BCUT2D eigenvalue weighted by Crippen LogP contribution is 2.38. The lowest BCUT2D eigenvalue weighted by Crippen LogP contribution is -2.40. The molecule has 3 nitrogen and oxygen atoms in total. The number of nitrogens with zero attached hydrogens (tertiary/aromatic N) is 1. The molecule has 0 aromatic carbocycles. The van der Waals surface area contributed by atoms with E-state index in [0.717, 1.165) is 25.3 Å². The van der Waals surface area contributed by atoms with E-state index in [4.69, 9.17) is 0 Å². The van der Waals surface area contributed by atoms with Gasteiger partial charge in [-0.1, -0.05) is 0 Å². The van der Waals surface area contributed by atoms with E-state index in [2.05, 4.69) is 4.90 Å². The van der Waals surface area contributed by atoms with Gasteiger partial charge in [-0.15, -0.1) is 0 Å². The van der Waals surface area contributed by atoms with Gasteiger partial charge in [-0.05, 0) is 45.4 Å². The number of hydrogen-bond donors (Lipinski definition) is 2. The van der Waals surface area contributed by atoms with Crippen LogP contribution in [0.4, 0.5) is 0 Å². The second kappa shape index (κ2) is 4.81. The molecule has 15 heavy (non-hydrogen) atoms. The van der Waals surface area contributed by atoms with Gasteiger partial charge in [-0.3, -0.25) is 4.90 Å². The minimum absolute atomic E-state index is 0.181. The largest absolute Gasteiger partial charge is 0.395 e. The molecular weight excluding hydrogens is 190 g/mol. The maximum atomic E-state index is 9.32. The van der Waals surface area contributed by atoms with Crippen molar-refractivity contribution in [1.29, 1.82) is 0 Å². The van der Waals surface area contributed by atoms with Crippen LogP contribution in [0.2, 0.25) is 0 Å². The summed E-state index contributed by atoms with van der Waals surface area (Å²) in [5, 5.41) is 18.6. The molecule has 2 aliphatic rings. The highest BCUT2D eigenvalue weighted by Gasteiger charge is 2.41. The summed E-state index contributed by atoms with van der Waals surface area (Å²) in [6.07, 6.45) is 6.77. The van der Waals surface area contributed by atoms with E-state index < -0.39 is 0 Å². The lowest BCUT2D eigenvalue weighted by Gasteiger charge is -2.29. The van der Waals surface area contributed by atoms with Crippen molar-refractivity contribution in [2.45, 2.75) is 69.7 Å². The minimum Gasteiger partial charge on any atom is -0.395 e. The smallest absolute Gasteiger partial charge is 0.0587 e. The number of aliphatic hydroxyl groups is 2. The zero-order valence-electron chi connectivity index (χ0n) is 9.60. The molecule has 2 heterocycles. The molecule has 0 spiro atoms. The molecular formula is C12H23NO2. The van der Waals surface area contributed by atoms with Crippen LogP contribution in [0, 0.1) is 0 Å². The van der Waals surface area contributed by atoms with E-state index in [1.54, 1.807) is 0 Å². The molecule has 0 amide bonds. The summed E-state index contributed by atoms with van der Waals surface area (Å²) in [5.41, 5.74) is 0. The van der Waals surface area contributed by atoms with Gasteiger partial charge in [0.15, 0.2) is 0 Å². The van der Waals surface area contributed by atoms with Crippen LogP contribution in [-0.2, 0) is 0 Å². The third-order valence-electron chi connectivity index (χ3n) is 4.06. The molecule has 4 atom stereocenters. The second-order valence-corrected chi connectivity index (χ2v) is 5.17. The summed E-state index contributed by atoms with van der Waals surface area (Å²) >= 11 is 0. The van der Waals surface area contributed by atoms with Gasteiger partial charge in [0, 0.05) is 18.1 Å². The van der Waals surface area contributed by atoms with Gasteiger partial charge in [-0.2, -0.15) is 0 Å². The normalized spacial score (nSPS) is 38.2. The predicted molar refractivity (Wildman–Crippen MR) is 59.7 cm³/mol. The molecule has 0 bridgehead atoms. The van der Waals surface area contributed by atoms with Crippen LogP contribution in [0.25, 0.3) is 0 Å². The third kappa shape index (κ3) is 2.35. The number of fused-ring (bicyclic) bond motifs is 1. The second-order valence-electron chi connectivity index (χ2n) is 5.17. The Morgan fingerprint density at radius 1 is 1.20 bits per heavy atom. The first-order valence-electron chi connectivity index (χ1n) is 6.28. The summed E-state index contributed by atoms with van der Waals surface area (Å²) in [6, 6.07) is 1.74. The highest BCUT2D eigenvalue weighted by atomic mass is 16.3. The Morgan fingerprint density at radius 2 is 1.87 bits per heavy atom. The first-order chi connectivity index (χ1) is 7.22. The molecule has 0 aromatic heterocycles. The van der Waals surface area contributed by atoms with Crippen molar-refractivity contribution in [3.63, 3.8) is 0 Å². The fourth-order valence-electron chi connectivity index (χ4n) is 3.32. The number of rotatable bonds is 4. The first-order valence-corrected chi connectivity index (χ1v) is 6.28. The van der Waals surface area contributed by atoms with Crippen LogP contribution in [0.1, 0.15) is 45.4 Å². The van der Waals surface area contributed by atoms with Crippen LogP contribution < -0.4 is 0 Å². The molecule has 2 aliphatic heterocycles. The lowest BCUT2D eigenvalue weighted by atomic mass is 10.0. The van der Waals surface area contributed by atoms with E-state index in [-0.39, 0.29) is 6.10 Å². The van der Waals surface area contributed by atoms with Crippen LogP contribution >= 0.6 is 0 Å². The van der Waals surface area contributed by atoms with Gasteiger partial charge in [0.2, 0.25) is 0 Å². The van der Waals surface area contributed by atoms with Crippen molar-refractivity contribution >= 4 is 0 Å². The average Bonchev–Trinajstić information content (AvgIpc) is 2.75. The zero-order valence-corrected chi connectivity index (χ0v) is 9.60. The molecule has 0 radical (unpaired) electrons. The summed E-state index contributed by atoms with van der Waals surface area (Å²) < 4.78 is 0. The monoisotopic (exact) mass is 213 g/mol. The van der Waals surface area contributed by atoms with Gasteiger partial charge >= 0.3 is 0 Å². The first kappa shape index (κ1) is 11.4. The third-order valence-corrected chi connectivity index (χ3v) is 4.06. The Hall–Kier alpha value is -0.120. The van der Waals surface area contributed by atoms with Crippen LogP contribution in [-0.4, -0.2) is 45.9 Å². The van der Waals surface area contributed by atoms with Crippen molar-refractivity contribution in [1.82, 2.24) is 4.90 Å². The van der Waals surface area contributed by atoms with E-state index >= 15 is 0 Å². The molecule has 0 aliphatic carbocycles. The number of aliphatic hydroxyl groups excluding tert-OH is 2. The predicted octanol–water partition coefficient (Wildman–Crippen LogP) is 1.14. The summed E-state index contributed by atoms with van der Waals surface area (Å²) in [7, 11) is 0. The highest BCUT2D eigenvalue weighted by molar-refractivity contribution is 4.97. The van der Waals surface area contributed by atoms with Gasteiger partial charge in [0.1, 0.15) is 0 Å². The van der Waals surface area contributed by atoms with E-state index in [1.165, 1.54) is 19.3 Å². The van der Waals surface area contributed by atoms with Crippen molar-refractivity contribution in [3.8, 4) is 0 Å². The maximum Gasteiger partial charge on any atom is 0.0587 e. The van der Waals surface area contributed by atoms with Crippen molar-refractivity contribution in [2.75, 3.05) is 6.61 Å². The van der Waals surface area contributed by atoms with Gasteiger partial charge in [-0.25, -0.2) is 0 Å². The van der Waals surface area contributed by atoms with E-state index in [9.17, 15) is 10.2 Å². The van der Waals surface area contributed by atoms with Gasteiger partial charge in [0.25, 0.3) is 0 Å². The molecule has 2 saturated heterocycles. The van der Waals surface area contributed by atoms with Crippen LogP contribution in [0.3, 0.4) is 0 Å². The summed E-state index contributed by atoms with van der Waals surface area (Å²) in [5.74, 6) is 0. The van der Waals surface area contributed by atoms with Crippen molar-refractivity contribution < 1.29 is 10.2 Å². The molecule has 3 heteroatoms. The molecule has 0 aromatic rings. The molecule has 2 fully saturated rings. The average molecular weight is 213 g/mol. The Kier molecular flexibility index (Phi) is 3.65. The van der Waals surface area contributed by atoms with Crippen LogP contribution in [0.15, 0.2) is 0 Å². The standard InChI is InChI=1S/C12H23NO2/c1-9(15)2-3-10-4-5-11-6-7-12(8-14)13(10)11/h9-12,14-15H,2-8H2,1H3/t9?,10-,11?,12+/m0/s1. The lowest BCUT2D eigenvalue weighted by molar-refractivity contribution is 0.103. The molecule has 2 unspecified atom stereocenters. The fraction of sp³-hybridized carbons (Fsp3) is 1.00. The Morgan fingerprint density at radius 3 is 2.47 bits per heavy atom. The van der Waals surface area contributed by atoms with E-state index in [1.807, 2.05) is 6.92 Å². The topological polar surface area (TPSA) is 43.7 Å². The Balaban J connectivity index is 1.89. The fourth-order valence-corrected chi connectivity index (χ4v) is 3.32. The number of hydrogen-bond acceptors (Lipinski definition) is 3. The summed E-state index contributed by atoms with van der Waals surface area (Å²) in [4.78, 5) is 2.53. The maximum absolute atomic E-state index is 9.32. The SMILES string of the molecule is CC(O)CC[C@H]1CCC2CC[C@H](CO)N21. The quantitative estimate of drug-likeness (QED) is 0.736. The zero-order chi connectivity index (χ0) is 10.8. The Bertz CT molecular complexity index is 208. The molecule has 0 saturated carbocycles. The van der Waals surface area contributed by atoms with Crippen molar-refractivity contribution in [2.24, 2.45) is 0 Å². The van der Waals surface area contributed by atoms with Gasteiger partial charge < -0.3 is 10.2 Å². The molecule has 2 rings (SSSR count). The summed E-state index contributed by atoms with van der Waals surface area (Å²) in [6.45, 7) is 2.17. The Labute approximate surface area is 92.1 Å². The van der Waals surface area contributed by atoms with Crippen LogP contribution in [0.5, 0.6) is 0 Å². The minimum atomic E-state index is -0.181. The van der Waals surface area contributed by atoms with E-state index in [0.29, 0.717) is 18.7 Å².